The van der Waals surface area contributed by atoms with Gasteiger partial charge in [-0.05, 0) is 18.8 Å². The van der Waals surface area contributed by atoms with Crippen LogP contribution in [0.15, 0.2) is 6.20 Å². The van der Waals surface area contributed by atoms with E-state index in [0.29, 0.717) is 6.04 Å². The van der Waals surface area contributed by atoms with Crippen molar-refractivity contribution in [3.8, 4) is 0 Å². The zero-order valence-electron chi connectivity index (χ0n) is 10.3. The first-order valence-corrected chi connectivity index (χ1v) is 6.38. The minimum atomic E-state index is 0.681. The highest BCUT2D eigenvalue weighted by Gasteiger charge is 2.22. The molecule has 4 heteroatoms. The molecule has 0 amide bonds. The molecule has 1 aliphatic carbocycles. The molecule has 1 aromatic heterocycles. The van der Waals surface area contributed by atoms with Gasteiger partial charge >= 0.3 is 0 Å². The van der Waals surface area contributed by atoms with E-state index >= 15 is 0 Å². The molecule has 1 saturated carbocycles. The first-order valence-electron chi connectivity index (χ1n) is 6.38. The fourth-order valence-electron chi connectivity index (χ4n) is 2.68. The van der Waals surface area contributed by atoms with Gasteiger partial charge in [-0.15, -0.1) is 5.10 Å². The summed E-state index contributed by atoms with van der Waals surface area (Å²) in [6, 6.07) is 0.681. The van der Waals surface area contributed by atoms with Gasteiger partial charge in [0.25, 0.3) is 0 Å². The molecule has 0 radical (unpaired) electrons. The molecule has 1 fully saturated rings. The second kappa shape index (κ2) is 5.43. The molecule has 2 atom stereocenters. The van der Waals surface area contributed by atoms with Crippen LogP contribution in [0.25, 0.3) is 0 Å². The summed E-state index contributed by atoms with van der Waals surface area (Å²) < 4.78 is 1.76. The van der Waals surface area contributed by atoms with Gasteiger partial charge in [-0.25, -0.2) is 0 Å². The Morgan fingerprint density at radius 3 is 2.94 bits per heavy atom. The molecule has 0 spiro atoms. The maximum absolute atomic E-state index is 4.10. The largest absolute Gasteiger partial charge is 0.308 e. The van der Waals surface area contributed by atoms with Gasteiger partial charge < -0.3 is 5.32 Å². The van der Waals surface area contributed by atoms with Crippen LogP contribution in [0.5, 0.6) is 0 Å². The van der Waals surface area contributed by atoms with Gasteiger partial charge in [0, 0.05) is 25.8 Å². The fourth-order valence-corrected chi connectivity index (χ4v) is 2.68. The van der Waals surface area contributed by atoms with Crippen molar-refractivity contribution in [1.82, 2.24) is 20.3 Å². The van der Waals surface area contributed by atoms with Gasteiger partial charge in [-0.3, -0.25) is 4.68 Å². The summed E-state index contributed by atoms with van der Waals surface area (Å²) in [5, 5.41) is 11.7. The number of hydrogen-bond donors (Lipinski definition) is 1. The molecule has 1 heterocycles. The lowest BCUT2D eigenvalue weighted by atomic mass is 9.83. The first-order chi connectivity index (χ1) is 7.79. The number of nitrogens with one attached hydrogen (secondary N) is 1. The maximum atomic E-state index is 4.10. The van der Waals surface area contributed by atoms with E-state index < -0.39 is 0 Å². The predicted molar refractivity (Wildman–Crippen MR) is 63.9 cm³/mol. The highest BCUT2D eigenvalue weighted by atomic mass is 15.4. The van der Waals surface area contributed by atoms with Gasteiger partial charge in [0.1, 0.15) is 0 Å². The van der Waals surface area contributed by atoms with E-state index in [1.807, 2.05) is 13.2 Å². The molecule has 2 rings (SSSR count). The highest BCUT2D eigenvalue weighted by molar-refractivity contribution is 4.92. The van der Waals surface area contributed by atoms with E-state index in [1.165, 1.54) is 32.1 Å². The number of aryl methyl sites for hydroxylation is 1. The molecule has 0 bridgehead atoms. The van der Waals surface area contributed by atoms with Crippen LogP contribution in [0, 0.1) is 5.92 Å². The minimum absolute atomic E-state index is 0.681. The summed E-state index contributed by atoms with van der Waals surface area (Å²) in [6.45, 7) is 3.15. The smallest absolute Gasteiger partial charge is 0.0964 e. The number of rotatable bonds is 4. The van der Waals surface area contributed by atoms with Crippen molar-refractivity contribution in [1.29, 1.82) is 0 Å². The van der Waals surface area contributed by atoms with E-state index in [2.05, 4.69) is 22.6 Å². The summed E-state index contributed by atoms with van der Waals surface area (Å²) in [4.78, 5) is 0. The lowest BCUT2D eigenvalue weighted by molar-refractivity contribution is 0.254. The fraction of sp³-hybridized carbons (Fsp3) is 0.833. The van der Waals surface area contributed by atoms with Gasteiger partial charge in [0.2, 0.25) is 0 Å². The Kier molecular flexibility index (Phi) is 3.93. The molecule has 2 unspecified atom stereocenters. The lowest BCUT2D eigenvalue weighted by Gasteiger charge is -2.31. The van der Waals surface area contributed by atoms with Crippen molar-refractivity contribution in [3.05, 3.63) is 11.9 Å². The molecular formula is C12H22N4. The number of nitrogens with zero attached hydrogens (tertiary/aromatic N) is 3. The molecule has 1 aliphatic rings. The van der Waals surface area contributed by atoms with Crippen LogP contribution in [0.1, 0.15) is 44.7 Å². The predicted octanol–water partition coefficient (Wildman–Crippen LogP) is 1.87. The Morgan fingerprint density at radius 1 is 1.44 bits per heavy atom. The normalized spacial score (nSPS) is 25.9. The van der Waals surface area contributed by atoms with Crippen LogP contribution in [0.4, 0.5) is 0 Å². The molecule has 0 aromatic carbocycles. The summed E-state index contributed by atoms with van der Waals surface area (Å²) in [5.74, 6) is 0.852. The topological polar surface area (TPSA) is 42.7 Å². The van der Waals surface area contributed by atoms with Gasteiger partial charge in [0.05, 0.1) is 5.69 Å². The lowest BCUT2D eigenvalue weighted by Crippen LogP contribution is -2.37. The van der Waals surface area contributed by atoms with Crippen LogP contribution in [-0.2, 0) is 13.6 Å². The van der Waals surface area contributed by atoms with Crippen molar-refractivity contribution in [2.24, 2.45) is 13.0 Å². The van der Waals surface area contributed by atoms with Gasteiger partial charge in [0.15, 0.2) is 0 Å². The second-order valence-electron chi connectivity index (χ2n) is 4.82. The third kappa shape index (κ3) is 2.82. The van der Waals surface area contributed by atoms with E-state index in [-0.39, 0.29) is 0 Å². The van der Waals surface area contributed by atoms with Crippen LogP contribution >= 0.6 is 0 Å². The van der Waals surface area contributed by atoms with E-state index in [0.717, 1.165) is 18.2 Å². The monoisotopic (exact) mass is 222 g/mol. The van der Waals surface area contributed by atoms with Crippen LogP contribution in [-0.4, -0.2) is 21.0 Å². The highest BCUT2D eigenvalue weighted by Crippen LogP contribution is 2.26. The Hall–Kier alpha value is -0.900. The molecule has 1 aromatic rings. The number of hydrogen-bond acceptors (Lipinski definition) is 3. The van der Waals surface area contributed by atoms with Crippen molar-refractivity contribution >= 4 is 0 Å². The molecule has 4 nitrogen and oxygen atoms in total. The van der Waals surface area contributed by atoms with Crippen molar-refractivity contribution in [3.63, 3.8) is 0 Å². The molecule has 90 valence electrons. The van der Waals surface area contributed by atoms with E-state index in [9.17, 15) is 0 Å². The Labute approximate surface area is 97.4 Å². The Bertz CT molecular complexity index is 321. The summed E-state index contributed by atoms with van der Waals surface area (Å²) >= 11 is 0. The zero-order valence-corrected chi connectivity index (χ0v) is 10.3. The Morgan fingerprint density at radius 2 is 2.25 bits per heavy atom. The summed E-state index contributed by atoms with van der Waals surface area (Å²) in [6.07, 6.45) is 8.75. The average molecular weight is 222 g/mol. The summed E-state index contributed by atoms with van der Waals surface area (Å²) in [5.41, 5.74) is 1.04. The molecular weight excluding hydrogens is 200 g/mol. The van der Waals surface area contributed by atoms with Crippen molar-refractivity contribution < 1.29 is 0 Å². The van der Waals surface area contributed by atoms with E-state index in [4.69, 9.17) is 0 Å². The molecule has 0 aliphatic heterocycles. The van der Waals surface area contributed by atoms with Crippen molar-refractivity contribution in [2.45, 2.75) is 51.6 Å². The third-order valence-electron chi connectivity index (χ3n) is 3.63. The van der Waals surface area contributed by atoms with Crippen molar-refractivity contribution in [2.75, 3.05) is 0 Å². The van der Waals surface area contributed by atoms with E-state index in [1.54, 1.807) is 4.68 Å². The van der Waals surface area contributed by atoms with Crippen LogP contribution < -0.4 is 5.32 Å². The van der Waals surface area contributed by atoms with Crippen LogP contribution in [0.3, 0.4) is 0 Å². The average Bonchev–Trinajstić information content (AvgIpc) is 2.73. The number of aromatic nitrogens is 3. The van der Waals surface area contributed by atoms with Crippen LogP contribution in [0.2, 0.25) is 0 Å². The SMILES string of the molecule is CCC1CCCCC1NCc1cn(C)nn1. The van der Waals surface area contributed by atoms with Gasteiger partial charge in [-0.1, -0.05) is 31.4 Å². The molecule has 1 N–H and O–H groups in total. The quantitative estimate of drug-likeness (QED) is 0.845. The molecule has 16 heavy (non-hydrogen) atoms. The second-order valence-corrected chi connectivity index (χ2v) is 4.82. The maximum Gasteiger partial charge on any atom is 0.0964 e. The Balaban J connectivity index is 1.84. The minimum Gasteiger partial charge on any atom is -0.308 e. The standard InChI is InChI=1S/C12H22N4/c1-3-10-6-4-5-7-12(10)13-8-11-9-16(2)15-14-11/h9-10,12-13H,3-8H2,1-2H3. The van der Waals surface area contributed by atoms with Gasteiger partial charge in [-0.2, -0.15) is 0 Å². The molecule has 0 saturated heterocycles. The zero-order chi connectivity index (χ0) is 11.4. The first kappa shape index (κ1) is 11.6. The summed E-state index contributed by atoms with van der Waals surface area (Å²) in [7, 11) is 1.91. The third-order valence-corrected chi connectivity index (χ3v) is 3.63.